The minimum atomic E-state index is -1.64. The lowest BCUT2D eigenvalue weighted by Gasteiger charge is -2.29. The Morgan fingerprint density at radius 3 is 1.70 bits per heavy atom. The van der Waals surface area contributed by atoms with Gasteiger partial charge in [-0.3, -0.25) is 4.79 Å². The van der Waals surface area contributed by atoms with Crippen LogP contribution in [0.1, 0.15) is 60.5 Å². The van der Waals surface area contributed by atoms with Crippen LogP contribution in [-0.2, 0) is 34.9 Å². The number of ether oxygens (including phenoxy) is 7. The SMILES string of the molecule is COC(=O)C(N)(Cc1ccc(OC(=O)OCC(C)C)c(OC(=O)OCC(C)C)c1)C[C@H](C)OC(=O)OCC(C)C. The highest BCUT2D eigenvalue weighted by Gasteiger charge is 2.38. The highest BCUT2D eigenvalue weighted by Crippen LogP contribution is 2.32. The lowest BCUT2D eigenvalue weighted by Crippen LogP contribution is -2.53. The molecule has 1 aromatic rings. The van der Waals surface area contributed by atoms with Gasteiger partial charge in [0.2, 0.25) is 0 Å². The second-order valence-corrected chi connectivity index (χ2v) is 10.8. The van der Waals surface area contributed by atoms with Crippen molar-refractivity contribution >= 4 is 24.4 Å². The van der Waals surface area contributed by atoms with E-state index >= 15 is 0 Å². The third-order valence-corrected chi connectivity index (χ3v) is 5.06. The molecule has 1 rings (SSSR count). The maximum absolute atomic E-state index is 12.7. The highest BCUT2D eigenvalue weighted by molar-refractivity contribution is 5.81. The van der Waals surface area contributed by atoms with E-state index in [0.717, 1.165) is 0 Å². The van der Waals surface area contributed by atoms with E-state index in [1.165, 1.54) is 25.3 Å². The van der Waals surface area contributed by atoms with Crippen molar-refractivity contribution in [3.63, 3.8) is 0 Å². The molecule has 2 atom stereocenters. The van der Waals surface area contributed by atoms with E-state index in [1.807, 2.05) is 41.5 Å². The van der Waals surface area contributed by atoms with Gasteiger partial charge in [0.25, 0.3) is 0 Å². The molecule has 226 valence electrons. The van der Waals surface area contributed by atoms with Crippen molar-refractivity contribution in [3.8, 4) is 11.5 Å². The predicted molar refractivity (Wildman–Crippen MR) is 144 cm³/mol. The van der Waals surface area contributed by atoms with Gasteiger partial charge < -0.3 is 38.9 Å². The minimum absolute atomic E-state index is 0.0605. The van der Waals surface area contributed by atoms with E-state index in [2.05, 4.69) is 0 Å². The molecule has 0 saturated carbocycles. The smallest absolute Gasteiger partial charge is 0.468 e. The number of benzene rings is 1. The van der Waals surface area contributed by atoms with E-state index in [4.69, 9.17) is 38.9 Å². The Bertz CT molecular complexity index is 992. The fourth-order valence-electron chi connectivity index (χ4n) is 3.32. The maximum atomic E-state index is 12.7. The van der Waals surface area contributed by atoms with Crippen molar-refractivity contribution in [2.24, 2.45) is 23.5 Å². The number of carbonyl (C=O) groups excluding carboxylic acids is 4. The third-order valence-electron chi connectivity index (χ3n) is 5.06. The first kappa shape index (κ1) is 34.5. The molecular weight excluding hydrogens is 526 g/mol. The van der Waals surface area contributed by atoms with Crippen molar-refractivity contribution in [1.82, 2.24) is 0 Å². The van der Waals surface area contributed by atoms with Gasteiger partial charge in [-0.15, -0.1) is 0 Å². The molecule has 0 aliphatic rings. The summed E-state index contributed by atoms with van der Waals surface area (Å²) in [5, 5.41) is 0. The standard InChI is InChI=1S/C28H43NO11/c1-17(2)14-35-25(31)38-20(7)12-28(29,24(30)34-8)13-21-9-10-22(39-26(32)36-15-18(3)4)23(11-21)40-27(33)37-16-19(5)6/h9-11,17-20H,12-16,29H2,1-8H3/t20-,28?/m0/s1. The van der Waals surface area contributed by atoms with Crippen LogP contribution in [0.3, 0.4) is 0 Å². The molecule has 2 N–H and O–H groups in total. The van der Waals surface area contributed by atoms with E-state index in [1.54, 1.807) is 6.92 Å². The summed E-state index contributed by atoms with van der Waals surface area (Å²) in [4.78, 5) is 49.1. The fraction of sp³-hybridized carbons (Fsp3) is 0.643. The number of hydrogen-bond acceptors (Lipinski definition) is 12. The Labute approximate surface area is 235 Å². The first-order valence-corrected chi connectivity index (χ1v) is 13.2. The second kappa shape index (κ2) is 16.5. The summed E-state index contributed by atoms with van der Waals surface area (Å²) in [5.74, 6) is -0.753. The Morgan fingerprint density at radius 2 is 1.23 bits per heavy atom. The molecule has 0 fully saturated rings. The van der Waals surface area contributed by atoms with E-state index in [0.29, 0.717) is 5.56 Å². The van der Waals surface area contributed by atoms with Gasteiger partial charge in [-0.05, 0) is 42.4 Å². The minimum Gasteiger partial charge on any atom is -0.468 e. The molecule has 0 radical (unpaired) electrons. The number of methoxy groups -OCH3 is 1. The van der Waals surface area contributed by atoms with Gasteiger partial charge in [-0.1, -0.05) is 47.6 Å². The monoisotopic (exact) mass is 569 g/mol. The first-order chi connectivity index (χ1) is 18.6. The normalized spacial score (nSPS) is 13.3. The van der Waals surface area contributed by atoms with E-state index < -0.39 is 36.1 Å². The summed E-state index contributed by atoms with van der Waals surface area (Å²) >= 11 is 0. The molecule has 0 bridgehead atoms. The van der Waals surface area contributed by atoms with Crippen LogP contribution in [0.15, 0.2) is 18.2 Å². The van der Waals surface area contributed by atoms with Crippen molar-refractivity contribution in [1.29, 1.82) is 0 Å². The topological polar surface area (TPSA) is 159 Å². The number of esters is 1. The Balaban J connectivity index is 3.18. The van der Waals surface area contributed by atoms with Gasteiger partial charge in [-0.2, -0.15) is 0 Å². The summed E-state index contributed by atoms with van der Waals surface area (Å²) in [5.41, 5.74) is 5.25. The van der Waals surface area contributed by atoms with Crippen molar-refractivity contribution in [3.05, 3.63) is 23.8 Å². The molecule has 0 aliphatic heterocycles. The van der Waals surface area contributed by atoms with Crippen LogP contribution < -0.4 is 15.2 Å². The van der Waals surface area contributed by atoms with Crippen molar-refractivity contribution in [2.75, 3.05) is 26.9 Å². The Hall–Kier alpha value is -3.54. The number of hydrogen-bond donors (Lipinski definition) is 1. The van der Waals surface area contributed by atoms with E-state index in [9.17, 15) is 19.2 Å². The van der Waals surface area contributed by atoms with Crippen molar-refractivity contribution in [2.45, 2.75) is 73.0 Å². The molecule has 0 aliphatic carbocycles. The molecule has 1 aromatic carbocycles. The van der Waals surface area contributed by atoms with Crippen LogP contribution >= 0.6 is 0 Å². The van der Waals surface area contributed by atoms with Crippen molar-refractivity contribution < 1.29 is 52.3 Å². The van der Waals surface area contributed by atoms with Crippen LogP contribution in [0.2, 0.25) is 0 Å². The van der Waals surface area contributed by atoms with Gasteiger partial charge in [0.05, 0.1) is 26.9 Å². The zero-order valence-corrected chi connectivity index (χ0v) is 24.6. The Kier molecular flexibility index (Phi) is 14.3. The molecule has 0 amide bonds. The number of nitrogens with two attached hydrogens (primary N) is 1. The first-order valence-electron chi connectivity index (χ1n) is 13.2. The lowest BCUT2D eigenvalue weighted by molar-refractivity contribution is -0.148. The van der Waals surface area contributed by atoms with Gasteiger partial charge in [0, 0.05) is 12.8 Å². The molecule has 0 heterocycles. The quantitative estimate of drug-likeness (QED) is 0.181. The molecule has 1 unspecified atom stereocenters. The third kappa shape index (κ3) is 13.0. The lowest BCUT2D eigenvalue weighted by atomic mass is 9.86. The molecule has 12 heteroatoms. The van der Waals surface area contributed by atoms with Gasteiger partial charge in [0.1, 0.15) is 11.6 Å². The largest absolute Gasteiger partial charge is 0.513 e. The average molecular weight is 570 g/mol. The number of rotatable bonds is 14. The summed E-state index contributed by atoms with van der Waals surface area (Å²) in [6.07, 6.45) is -3.90. The van der Waals surface area contributed by atoms with Crippen LogP contribution in [0, 0.1) is 17.8 Å². The van der Waals surface area contributed by atoms with Crippen LogP contribution in [0.4, 0.5) is 14.4 Å². The predicted octanol–water partition coefficient (Wildman–Crippen LogP) is 5.03. The van der Waals surface area contributed by atoms with Crippen LogP contribution in [0.25, 0.3) is 0 Å². The summed E-state index contributed by atoms with van der Waals surface area (Å²) < 4.78 is 35.9. The number of carbonyl (C=O) groups is 4. The molecule has 0 aromatic heterocycles. The Morgan fingerprint density at radius 1 is 0.750 bits per heavy atom. The molecule has 40 heavy (non-hydrogen) atoms. The van der Waals surface area contributed by atoms with E-state index in [-0.39, 0.29) is 61.9 Å². The average Bonchev–Trinajstić information content (AvgIpc) is 2.85. The second-order valence-electron chi connectivity index (χ2n) is 10.8. The molecule has 0 saturated heterocycles. The fourth-order valence-corrected chi connectivity index (χ4v) is 3.32. The van der Waals surface area contributed by atoms with Gasteiger partial charge in [0.15, 0.2) is 11.5 Å². The molecule has 0 spiro atoms. The summed E-state index contributed by atoms with van der Waals surface area (Å²) in [6, 6.07) is 4.29. The van der Waals surface area contributed by atoms with Gasteiger partial charge in [-0.25, -0.2) is 14.4 Å². The van der Waals surface area contributed by atoms with Crippen LogP contribution in [0.5, 0.6) is 11.5 Å². The highest BCUT2D eigenvalue weighted by atomic mass is 16.7. The van der Waals surface area contributed by atoms with Crippen LogP contribution in [-0.4, -0.2) is 63.0 Å². The molecular formula is C28H43NO11. The molecule has 12 nitrogen and oxygen atoms in total. The summed E-state index contributed by atoms with van der Waals surface area (Å²) in [6.45, 7) is 13.2. The van der Waals surface area contributed by atoms with Gasteiger partial charge >= 0.3 is 24.4 Å². The zero-order valence-electron chi connectivity index (χ0n) is 24.6. The summed E-state index contributed by atoms with van der Waals surface area (Å²) in [7, 11) is 1.19. The zero-order chi connectivity index (χ0) is 30.5. The maximum Gasteiger partial charge on any atom is 0.513 e.